The average molecular weight is 391 g/mol. The maximum absolute atomic E-state index is 13.7. The third-order valence-electron chi connectivity index (χ3n) is 4.76. The summed E-state index contributed by atoms with van der Waals surface area (Å²) in [7, 11) is 0. The number of anilines is 1. The Morgan fingerprint density at radius 1 is 1.07 bits per heavy atom. The van der Waals surface area contributed by atoms with Gasteiger partial charge in [-0.15, -0.1) is 0 Å². The van der Waals surface area contributed by atoms with Gasteiger partial charge >= 0.3 is 0 Å². The van der Waals surface area contributed by atoms with Crippen molar-refractivity contribution in [2.24, 2.45) is 0 Å². The maximum Gasteiger partial charge on any atom is 0.269 e. The Labute approximate surface area is 171 Å². The quantitative estimate of drug-likeness (QED) is 0.610. The van der Waals surface area contributed by atoms with Crippen LogP contribution in [0.3, 0.4) is 0 Å². The largest absolute Gasteiger partial charge is 0.365 e. The first-order valence-corrected chi connectivity index (χ1v) is 9.83. The van der Waals surface area contributed by atoms with Gasteiger partial charge in [0.1, 0.15) is 11.5 Å². The van der Waals surface area contributed by atoms with Crippen LogP contribution >= 0.6 is 0 Å². The Morgan fingerprint density at radius 3 is 2.52 bits per heavy atom. The molecule has 0 saturated carbocycles. The van der Waals surface area contributed by atoms with Gasteiger partial charge < -0.3 is 10.2 Å². The fraction of sp³-hybridized carbons (Fsp3) is 0.250. The van der Waals surface area contributed by atoms with E-state index in [9.17, 15) is 9.18 Å². The molecule has 1 amide bonds. The lowest BCUT2D eigenvalue weighted by molar-refractivity contribution is 0.0949. The van der Waals surface area contributed by atoms with Crippen LogP contribution in [0.15, 0.2) is 72.9 Å². The molecular weight excluding hydrogens is 365 g/mol. The van der Waals surface area contributed by atoms with Crippen LogP contribution in [0.4, 0.5) is 10.1 Å². The van der Waals surface area contributed by atoms with Crippen LogP contribution in [0, 0.1) is 5.82 Å². The van der Waals surface area contributed by atoms with Crippen LogP contribution in [0.5, 0.6) is 0 Å². The van der Waals surface area contributed by atoms with Gasteiger partial charge in [-0.3, -0.25) is 9.78 Å². The van der Waals surface area contributed by atoms with Crippen LogP contribution in [0.2, 0.25) is 0 Å². The Balaban J connectivity index is 1.67. The molecule has 0 aliphatic carbocycles. The molecule has 0 aliphatic heterocycles. The Kier molecular flexibility index (Phi) is 6.95. The zero-order valence-corrected chi connectivity index (χ0v) is 16.8. The highest BCUT2D eigenvalue weighted by Crippen LogP contribution is 2.20. The van der Waals surface area contributed by atoms with Gasteiger partial charge in [0.05, 0.1) is 0 Å². The molecule has 1 aromatic heterocycles. The average Bonchev–Trinajstić information content (AvgIpc) is 2.74. The summed E-state index contributed by atoms with van der Waals surface area (Å²) in [5, 5.41) is 2.83. The molecule has 4 nitrogen and oxygen atoms in total. The van der Waals surface area contributed by atoms with Gasteiger partial charge in [-0.25, -0.2) is 4.39 Å². The molecule has 5 heteroatoms. The lowest BCUT2D eigenvalue weighted by Crippen LogP contribution is -2.31. The molecule has 3 aromatic rings. The number of pyridine rings is 1. The van der Waals surface area contributed by atoms with Gasteiger partial charge in [-0.1, -0.05) is 48.5 Å². The summed E-state index contributed by atoms with van der Waals surface area (Å²) >= 11 is 0. The number of halogens is 1. The Bertz CT molecular complexity index is 944. The van der Waals surface area contributed by atoms with Crippen molar-refractivity contribution < 1.29 is 9.18 Å². The van der Waals surface area contributed by atoms with E-state index in [1.165, 1.54) is 11.6 Å². The fourth-order valence-electron chi connectivity index (χ4n) is 3.18. The Morgan fingerprint density at radius 2 is 1.79 bits per heavy atom. The number of benzene rings is 2. The molecule has 0 radical (unpaired) electrons. The summed E-state index contributed by atoms with van der Waals surface area (Å²) in [6, 6.07) is 20.8. The highest BCUT2D eigenvalue weighted by Gasteiger charge is 2.15. The monoisotopic (exact) mass is 391 g/mol. The van der Waals surface area contributed by atoms with E-state index in [1.807, 2.05) is 24.3 Å². The van der Waals surface area contributed by atoms with Crippen LogP contribution in [0.25, 0.3) is 0 Å². The van der Waals surface area contributed by atoms with Gasteiger partial charge in [-0.05, 0) is 49.6 Å². The number of rotatable bonds is 8. The zero-order chi connectivity index (χ0) is 20.6. The van der Waals surface area contributed by atoms with Gasteiger partial charge in [0.15, 0.2) is 0 Å². The molecule has 29 heavy (non-hydrogen) atoms. The number of carbonyl (C=O) groups is 1. The van der Waals surface area contributed by atoms with E-state index in [2.05, 4.69) is 41.2 Å². The lowest BCUT2D eigenvalue weighted by atomic mass is 10.1. The molecular formula is C24H26FN3O. The van der Waals surface area contributed by atoms with Gasteiger partial charge in [0, 0.05) is 31.0 Å². The predicted octanol–water partition coefficient (Wildman–Crippen LogP) is 4.61. The topological polar surface area (TPSA) is 45.2 Å². The van der Waals surface area contributed by atoms with E-state index >= 15 is 0 Å². The maximum atomic E-state index is 13.7. The standard InChI is InChI=1S/C24H26FN3O/c1-18(2)28(17-19-8-4-3-5-9-19)21-13-15-26-23(16-21)24(29)27-14-12-20-10-6-7-11-22(20)25/h3-11,13,15-16,18H,12,14,17H2,1-2H3,(H,27,29). The van der Waals surface area contributed by atoms with Crippen molar-refractivity contribution in [3.8, 4) is 0 Å². The van der Waals surface area contributed by atoms with E-state index in [-0.39, 0.29) is 17.8 Å². The first-order valence-electron chi connectivity index (χ1n) is 9.83. The van der Waals surface area contributed by atoms with Crippen LogP contribution in [0.1, 0.15) is 35.5 Å². The molecule has 2 aromatic carbocycles. The molecule has 3 rings (SSSR count). The van der Waals surface area contributed by atoms with Crippen molar-refractivity contribution in [2.75, 3.05) is 11.4 Å². The van der Waals surface area contributed by atoms with Crippen LogP contribution in [-0.4, -0.2) is 23.5 Å². The number of nitrogens with one attached hydrogen (secondary N) is 1. The highest BCUT2D eigenvalue weighted by molar-refractivity contribution is 5.93. The second kappa shape index (κ2) is 9.82. The lowest BCUT2D eigenvalue weighted by Gasteiger charge is -2.29. The molecule has 0 aliphatic rings. The minimum Gasteiger partial charge on any atom is -0.365 e. The smallest absolute Gasteiger partial charge is 0.269 e. The van der Waals surface area contributed by atoms with E-state index in [0.717, 1.165) is 12.2 Å². The normalized spacial score (nSPS) is 10.8. The molecule has 1 N–H and O–H groups in total. The summed E-state index contributed by atoms with van der Waals surface area (Å²) in [4.78, 5) is 19.0. The number of hydrogen-bond donors (Lipinski definition) is 1. The first-order chi connectivity index (χ1) is 14.0. The van der Waals surface area contributed by atoms with E-state index in [4.69, 9.17) is 0 Å². The molecule has 150 valence electrons. The van der Waals surface area contributed by atoms with E-state index < -0.39 is 0 Å². The molecule has 1 heterocycles. The third-order valence-corrected chi connectivity index (χ3v) is 4.76. The Hall–Kier alpha value is -3.21. The van der Waals surface area contributed by atoms with E-state index in [1.54, 1.807) is 30.5 Å². The molecule has 0 fully saturated rings. The summed E-state index contributed by atoms with van der Waals surface area (Å²) in [6.07, 6.45) is 2.09. The predicted molar refractivity (Wildman–Crippen MR) is 114 cm³/mol. The SMILES string of the molecule is CC(C)N(Cc1ccccc1)c1ccnc(C(=O)NCCc2ccccc2F)c1. The summed E-state index contributed by atoms with van der Waals surface area (Å²) < 4.78 is 13.7. The van der Waals surface area contributed by atoms with Crippen LogP contribution < -0.4 is 10.2 Å². The fourth-order valence-corrected chi connectivity index (χ4v) is 3.18. The first kappa shape index (κ1) is 20.5. The van der Waals surface area contributed by atoms with Crippen molar-refractivity contribution in [2.45, 2.75) is 32.9 Å². The minimum atomic E-state index is -0.258. The number of carbonyl (C=O) groups excluding carboxylic acids is 1. The zero-order valence-electron chi connectivity index (χ0n) is 16.8. The molecule has 0 atom stereocenters. The molecule has 0 bridgehead atoms. The highest BCUT2D eigenvalue weighted by atomic mass is 19.1. The van der Waals surface area contributed by atoms with Crippen molar-refractivity contribution in [3.05, 3.63) is 95.6 Å². The molecule has 0 spiro atoms. The number of hydrogen-bond acceptors (Lipinski definition) is 3. The number of aromatic nitrogens is 1. The van der Waals surface area contributed by atoms with Crippen molar-refractivity contribution in [1.82, 2.24) is 10.3 Å². The van der Waals surface area contributed by atoms with Gasteiger partial charge in [-0.2, -0.15) is 0 Å². The molecule has 0 saturated heterocycles. The third kappa shape index (κ3) is 5.64. The van der Waals surface area contributed by atoms with Gasteiger partial charge in [0.2, 0.25) is 0 Å². The summed E-state index contributed by atoms with van der Waals surface area (Å²) in [5.41, 5.74) is 3.09. The number of amides is 1. The number of nitrogens with zero attached hydrogens (tertiary/aromatic N) is 2. The second-order valence-electron chi connectivity index (χ2n) is 7.20. The molecule has 0 unspecified atom stereocenters. The van der Waals surface area contributed by atoms with Crippen molar-refractivity contribution >= 4 is 11.6 Å². The van der Waals surface area contributed by atoms with Gasteiger partial charge in [0.25, 0.3) is 5.91 Å². The summed E-state index contributed by atoms with van der Waals surface area (Å²) in [6.45, 7) is 5.34. The van der Waals surface area contributed by atoms with E-state index in [0.29, 0.717) is 24.2 Å². The van der Waals surface area contributed by atoms with Crippen molar-refractivity contribution in [1.29, 1.82) is 0 Å². The minimum absolute atomic E-state index is 0.254. The second-order valence-corrected chi connectivity index (χ2v) is 7.20. The van der Waals surface area contributed by atoms with Crippen molar-refractivity contribution in [3.63, 3.8) is 0 Å². The van der Waals surface area contributed by atoms with Crippen LogP contribution in [-0.2, 0) is 13.0 Å². The summed E-state index contributed by atoms with van der Waals surface area (Å²) in [5.74, 6) is -0.512.